The van der Waals surface area contributed by atoms with Crippen molar-refractivity contribution >= 4 is 39.3 Å². The summed E-state index contributed by atoms with van der Waals surface area (Å²) in [6.07, 6.45) is 1.34. The Bertz CT molecular complexity index is 743. The van der Waals surface area contributed by atoms with Gasteiger partial charge in [0.15, 0.2) is 5.76 Å². The van der Waals surface area contributed by atoms with Crippen LogP contribution in [0.25, 0.3) is 0 Å². The number of anilines is 1. The summed E-state index contributed by atoms with van der Waals surface area (Å²) < 4.78 is 5.79. The molecule has 1 saturated heterocycles. The molecule has 1 aliphatic rings. The quantitative estimate of drug-likeness (QED) is 0.623. The van der Waals surface area contributed by atoms with Crippen LogP contribution in [0.4, 0.5) is 5.69 Å². The van der Waals surface area contributed by atoms with Crippen LogP contribution >= 0.6 is 15.9 Å². The van der Waals surface area contributed by atoms with Crippen molar-refractivity contribution in [2.24, 2.45) is 0 Å². The molecule has 8 heteroatoms. The number of furan rings is 1. The number of carbonyl (C=O) groups is 3. The highest BCUT2D eigenvalue weighted by atomic mass is 79.9. The van der Waals surface area contributed by atoms with E-state index in [0.29, 0.717) is 5.69 Å². The van der Waals surface area contributed by atoms with Crippen LogP contribution in [0.1, 0.15) is 17.0 Å². The van der Waals surface area contributed by atoms with Crippen molar-refractivity contribution in [3.05, 3.63) is 52.9 Å². The molecule has 2 heterocycles. The molecule has 3 rings (SSSR count). The molecule has 118 valence electrons. The standard InChI is InChI=1S/C15H12BrN3O4/c16-9-3-5-10(6-4-9)19-13(20)8-11(15(19)22)17-18-14(21)12-2-1-7-23-12/h1-7,11,17H,8H2,(H,18,21)/t11-/m0/s1. The van der Waals surface area contributed by atoms with Gasteiger partial charge in [0.05, 0.1) is 18.4 Å². The molecule has 1 aromatic carbocycles. The van der Waals surface area contributed by atoms with Gasteiger partial charge in [0.1, 0.15) is 6.04 Å². The molecular formula is C15H12BrN3O4. The maximum absolute atomic E-state index is 12.4. The van der Waals surface area contributed by atoms with E-state index in [1.54, 1.807) is 30.3 Å². The van der Waals surface area contributed by atoms with Crippen LogP contribution in [0, 0.1) is 0 Å². The average Bonchev–Trinajstić information content (AvgIpc) is 3.15. The third-order valence-corrected chi connectivity index (χ3v) is 3.87. The van der Waals surface area contributed by atoms with Gasteiger partial charge in [-0.05, 0) is 36.4 Å². The molecule has 0 spiro atoms. The normalized spacial score (nSPS) is 17.6. The predicted molar refractivity (Wildman–Crippen MR) is 84.3 cm³/mol. The first-order chi connectivity index (χ1) is 11.1. The molecule has 1 aliphatic heterocycles. The molecule has 0 unspecified atom stereocenters. The van der Waals surface area contributed by atoms with Crippen LogP contribution in [0.5, 0.6) is 0 Å². The fourth-order valence-electron chi connectivity index (χ4n) is 2.23. The van der Waals surface area contributed by atoms with E-state index in [9.17, 15) is 14.4 Å². The van der Waals surface area contributed by atoms with Gasteiger partial charge in [0.25, 0.3) is 5.91 Å². The number of nitrogens with one attached hydrogen (secondary N) is 2. The Morgan fingerprint density at radius 3 is 2.61 bits per heavy atom. The SMILES string of the molecule is O=C(NN[C@H]1CC(=O)N(c2ccc(Br)cc2)C1=O)c1ccco1. The number of hydrogen-bond donors (Lipinski definition) is 2. The third kappa shape index (κ3) is 3.17. The van der Waals surface area contributed by atoms with Crippen LogP contribution in [0.3, 0.4) is 0 Å². The second-order valence-electron chi connectivity index (χ2n) is 4.88. The third-order valence-electron chi connectivity index (χ3n) is 3.34. The van der Waals surface area contributed by atoms with E-state index >= 15 is 0 Å². The molecule has 2 N–H and O–H groups in total. The minimum Gasteiger partial charge on any atom is -0.459 e. The maximum Gasteiger partial charge on any atom is 0.301 e. The molecule has 2 aromatic rings. The summed E-state index contributed by atoms with van der Waals surface area (Å²) in [5, 5.41) is 0. The largest absolute Gasteiger partial charge is 0.459 e. The van der Waals surface area contributed by atoms with Gasteiger partial charge >= 0.3 is 5.91 Å². The Morgan fingerprint density at radius 2 is 1.96 bits per heavy atom. The Kier molecular flexibility index (Phi) is 4.26. The lowest BCUT2D eigenvalue weighted by Gasteiger charge is -2.15. The number of benzene rings is 1. The van der Waals surface area contributed by atoms with Crippen LogP contribution in [0.15, 0.2) is 51.6 Å². The smallest absolute Gasteiger partial charge is 0.301 e. The summed E-state index contributed by atoms with van der Waals surface area (Å²) in [5.41, 5.74) is 5.44. The number of imide groups is 1. The average molecular weight is 378 g/mol. The fraction of sp³-hybridized carbons (Fsp3) is 0.133. The molecule has 0 aliphatic carbocycles. The van der Waals surface area contributed by atoms with Crippen molar-refractivity contribution in [1.82, 2.24) is 10.9 Å². The van der Waals surface area contributed by atoms with Crippen molar-refractivity contribution in [2.75, 3.05) is 4.90 Å². The number of amides is 3. The summed E-state index contributed by atoms with van der Waals surface area (Å²) in [5.74, 6) is -1.16. The highest BCUT2D eigenvalue weighted by Crippen LogP contribution is 2.24. The van der Waals surface area contributed by atoms with Crippen molar-refractivity contribution in [3.8, 4) is 0 Å². The van der Waals surface area contributed by atoms with Gasteiger partial charge in [0.2, 0.25) is 5.91 Å². The minimum atomic E-state index is -0.815. The van der Waals surface area contributed by atoms with E-state index in [1.165, 1.54) is 12.3 Å². The zero-order valence-corrected chi connectivity index (χ0v) is 13.4. The molecule has 3 amide bonds. The minimum absolute atomic E-state index is 0.0344. The molecule has 7 nitrogen and oxygen atoms in total. The highest BCUT2D eigenvalue weighted by Gasteiger charge is 2.39. The topological polar surface area (TPSA) is 91.7 Å². The fourth-order valence-corrected chi connectivity index (χ4v) is 2.49. The summed E-state index contributed by atoms with van der Waals surface area (Å²) in [6, 6.07) is 9.09. The van der Waals surface area contributed by atoms with E-state index in [2.05, 4.69) is 26.8 Å². The number of halogens is 1. The van der Waals surface area contributed by atoms with Gasteiger partial charge in [-0.25, -0.2) is 10.3 Å². The molecular weight excluding hydrogens is 366 g/mol. The Labute approximate surface area is 139 Å². The van der Waals surface area contributed by atoms with E-state index < -0.39 is 17.9 Å². The second kappa shape index (κ2) is 6.35. The number of hydrogen-bond acceptors (Lipinski definition) is 5. The summed E-state index contributed by atoms with van der Waals surface area (Å²) in [7, 11) is 0. The van der Waals surface area contributed by atoms with Gasteiger partial charge in [-0.3, -0.25) is 19.8 Å². The Hall–Kier alpha value is -2.45. The molecule has 1 fully saturated rings. The Balaban J connectivity index is 1.66. The maximum atomic E-state index is 12.4. The number of nitrogens with zero attached hydrogens (tertiary/aromatic N) is 1. The highest BCUT2D eigenvalue weighted by molar-refractivity contribution is 9.10. The zero-order chi connectivity index (χ0) is 16.4. The number of hydrazine groups is 1. The summed E-state index contributed by atoms with van der Waals surface area (Å²) in [4.78, 5) is 37.3. The van der Waals surface area contributed by atoms with Gasteiger partial charge in [0, 0.05) is 4.47 Å². The van der Waals surface area contributed by atoms with Gasteiger partial charge in [-0.1, -0.05) is 15.9 Å². The van der Waals surface area contributed by atoms with Crippen molar-refractivity contribution in [1.29, 1.82) is 0 Å². The molecule has 0 saturated carbocycles. The lowest BCUT2D eigenvalue weighted by Crippen LogP contribution is -2.48. The van der Waals surface area contributed by atoms with Gasteiger partial charge < -0.3 is 4.42 Å². The predicted octanol–water partition coefficient (Wildman–Crippen LogP) is 1.61. The van der Waals surface area contributed by atoms with Crippen LogP contribution in [-0.4, -0.2) is 23.8 Å². The monoisotopic (exact) mass is 377 g/mol. The van der Waals surface area contributed by atoms with Gasteiger partial charge in [-0.2, -0.15) is 0 Å². The molecule has 0 bridgehead atoms. The second-order valence-corrected chi connectivity index (χ2v) is 5.79. The molecule has 23 heavy (non-hydrogen) atoms. The van der Waals surface area contributed by atoms with Crippen LogP contribution in [-0.2, 0) is 9.59 Å². The Morgan fingerprint density at radius 1 is 1.22 bits per heavy atom. The first-order valence-electron chi connectivity index (χ1n) is 6.78. The van der Waals surface area contributed by atoms with E-state index in [-0.39, 0.29) is 18.1 Å². The zero-order valence-electron chi connectivity index (χ0n) is 11.8. The number of carbonyl (C=O) groups excluding carboxylic acids is 3. The lowest BCUT2D eigenvalue weighted by molar-refractivity contribution is -0.121. The van der Waals surface area contributed by atoms with Crippen LogP contribution in [0.2, 0.25) is 0 Å². The summed E-state index contributed by atoms with van der Waals surface area (Å²) >= 11 is 3.30. The van der Waals surface area contributed by atoms with E-state index in [1.807, 2.05) is 0 Å². The van der Waals surface area contributed by atoms with E-state index in [0.717, 1.165) is 9.37 Å². The van der Waals surface area contributed by atoms with Crippen molar-refractivity contribution in [3.63, 3.8) is 0 Å². The van der Waals surface area contributed by atoms with Crippen molar-refractivity contribution in [2.45, 2.75) is 12.5 Å². The number of rotatable bonds is 4. The van der Waals surface area contributed by atoms with E-state index in [4.69, 9.17) is 4.42 Å². The van der Waals surface area contributed by atoms with Crippen molar-refractivity contribution < 1.29 is 18.8 Å². The first-order valence-corrected chi connectivity index (χ1v) is 7.57. The van der Waals surface area contributed by atoms with Gasteiger partial charge in [-0.15, -0.1) is 0 Å². The van der Waals surface area contributed by atoms with Crippen LogP contribution < -0.4 is 15.8 Å². The lowest BCUT2D eigenvalue weighted by atomic mass is 10.2. The first kappa shape index (κ1) is 15.4. The molecule has 1 aromatic heterocycles. The molecule has 1 atom stereocenters. The molecule has 0 radical (unpaired) electrons. The summed E-state index contributed by atoms with van der Waals surface area (Å²) in [6.45, 7) is 0.